The number of carbonyl (C=O) groups excluding carboxylic acids is 1. The van der Waals surface area contributed by atoms with E-state index in [2.05, 4.69) is 79.9 Å². The number of methoxy groups -OCH3 is 1. The Labute approximate surface area is 200 Å². The van der Waals surface area contributed by atoms with Crippen LogP contribution in [0.25, 0.3) is 16.7 Å². The summed E-state index contributed by atoms with van der Waals surface area (Å²) in [5.74, 6) is 1.77. The summed E-state index contributed by atoms with van der Waals surface area (Å²) in [6.07, 6.45) is 2.22. The van der Waals surface area contributed by atoms with Crippen LogP contribution < -0.4 is 4.74 Å². The monoisotopic (exact) mass is 454 g/mol. The number of aryl methyl sites for hydroxylation is 4. The van der Waals surface area contributed by atoms with Crippen LogP contribution >= 0.6 is 0 Å². The zero-order valence-corrected chi connectivity index (χ0v) is 20.2. The molecule has 0 N–H and O–H groups in total. The molecule has 0 saturated heterocycles. The molecule has 2 heterocycles. The highest BCUT2D eigenvalue weighted by Gasteiger charge is 2.27. The van der Waals surface area contributed by atoms with Crippen molar-refractivity contribution in [1.29, 1.82) is 0 Å². The van der Waals surface area contributed by atoms with Crippen LogP contribution in [0.1, 0.15) is 46.0 Å². The molecule has 5 heteroatoms. The van der Waals surface area contributed by atoms with Crippen molar-refractivity contribution < 1.29 is 14.3 Å². The fraction of sp³-hybridized carbons (Fsp3) is 0.310. The summed E-state index contributed by atoms with van der Waals surface area (Å²) in [6.45, 7) is 6.91. The fourth-order valence-electron chi connectivity index (χ4n) is 5.01. The van der Waals surface area contributed by atoms with E-state index in [1.165, 1.54) is 35.1 Å². The minimum Gasteiger partial charge on any atom is -0.493 e. The van der Waals surface area contributed by atoms with Gasteiger partial charge >= 0.3 is 5.97 Å². The third-order valence-electron chi connectivity index (χ3n) is 6.92. The topological polar surface area (TPSA) is 53.4 Å². The Kier molecular flexibility index (Phi) is 5.86. The van der Waals surface area contributed by atoms with Crippen molar-refractivity contribution in [2.24, 2.45) is 0 Å². The van der Waals surface area contributed by atoms with Gasteiger partial charge in [-0.25, -0.2) is 4.98 Å². The normalized spacial score (nSPS) is 14.8. The molecule has 3 aromatic carbocycles. The van der Waals surface area contributed by atoms with Gasteiger partial charge in [0.25, 0.3) is 0 Å². The lowest BCUT2D eigenvalue weighted by atomic mass is 9.94. The average molecular weight is 455 g/mol. The van der Waals surface area contributed by atoms with Crippen LogP contribution in [0.3, 0.4) is 0 Å². The maximum atomic E-state index is 11.7. The maximum Gasteiger partial charge on any atom is 0.306 e. The van der Waals surface area contributed by atoms with Gasteiger partial charge in [0.1, 0.15) is 11.6 Å². The highest BCUT2D eigenvalue weighted by Crippen LogP contribution is 2.37. The van der Waals surface area contributed by atoms with Crippen LogP contribution in [0, 0.1) is 20.8 Å². The first-order valence-corrected chi connectivity index (χ1v) is 11.8. The number of hydrogen-bond donors (Lipinski definition) is 0. The summed E-state index contributed by atoms with van der Waals surface area (Å²) < 4.78 is 13.0. The number of hydrogen-bond acceptors (Lipinski definition) is 4. The Morgan fingerprint density at radius 2 is 1.94 bits per heavy atom. The number of aromatic nitrogens is 2. The number of carbonyl (C=O) groups is 1. The van der Waals surface area contributed by atoms with Crippen molar-refractivity contribution in [3.05, 3.63) is 88.2 Å². The van der Waals surface area contributed by atoms with E-state index in [-0.39, 0.29) is 11.9 Å². The van der Waals surface area contributed by atoms with E-state index in [0.29, 0.717) is 13.0 Å². The second-order valence-corrected chi connectivity index (χ2v) is 9.21. The smallest absolute Gasteiger partial charge is 0.306 e. The second kappa shape index (κ2) is 8.98. The van der Waals surface area contributed by atoms with E-state index in [9.17, 15) is 4.79 Å². The van der Waals surface area contributed by atoms with Crippen LogP contribution in [-0.4, -0.2) is 29.2 Å². The van der Waals surface area contributed by atoms with Crippen LogP contribution in [0.2, 0.25) is 0 Å². The lowest BCUT2D eigenvalue weighted by molar-refractivity contribution is -0.141. The molecule has 1 atom stereocenters. The van der Waals surface area contributed by atoms with Gasteiger partial charge in [0.2, 0.25) is 0 Å². The second-order valence-electron chi connectivity index (χ2n) is 9.21. The van der Waals surface area contributed by atoms with Gasteiger partial charge in [0.15, 0.2) is 0 Å². The quantitative estimate of drug-likeness (QED) is 0.347. The third-order valence-corrected chi connectivity index (χ3v) is 6.92. The summed E-state index contributed by atoms with van der Waals surface area (Å²) in [4.78, 5) is 16.5. The molecule has 174 valence electrons. The van der Waals surface area contributed by atoms with Crippen molar-refractivity contribution in [1.82, 2.24) is 9.55 Å². The Balaban J connectivity index is 1.37. The van der Waals surface area contributed by atoms with Crippen LogP contribution in [0.15, 0.2) is 54.6 Å². The number of rotatable bonds is 6. The lowest BCUT2D eigenvalue weighted by Crippen LogP contribution is -2.09. The van der Waals surface area contributed by atoms with E-state index in [1.54, 1.807) is 0 Å². The Morgan fingerprint density at radius 3 is 2.76 bits per heavy atom. The van der Waals surface area contributed by atoms with Crippen molar-refractivity contribution in [3.63, 3.8) is 0 Å². The standard InChI is InChI=1S/C29H30N2O3/c1-18-8-13-27-25(14-18)30-20(3)31(27)26-7-5-6-22(19(26)2)11-9-21-10-12-24-23(16-29(32)33-4)17-34-28(24)15-21/h5-8,10,12-15,23H,9,11,16-17H2,1-4H3/t23-/m1/s1. The molecular formula is C29H30N2O3. The van der Waals surface area contributed by atoms with E-state index in [1.807, 2.05) is 0 Å². The molecule has 1 aromatic heterocycles. The van der Waals surface area contributed by atoms with Gasteiger partial charge in [-0.15, -0.1) is 0 Å². The van der Waals surface area contributed by atoms with Gasteiger partial charge in [0.05, 0.1) is 36.9 Å². The molecule has 0 unspecified atom stereocenters. The van der Waals surface area contributed by atoms with E-state index in [4.69, 9.17) is 14.5 Å². The molecule has 0 saturated carbocycles. The number of nitrogens with zero attached hydrogens (tertiary/aromatic N) is 2. The van der Waals surface area contributed by atoms with Crippen LogP contribution in [0.4, 0.5) is 0 Å². The molecule has 4 aromatic rings. The van der Waals surface area contributed by atoms with E-state index in [0.717, 1.165) is 41.0 Å². The Bertz CT molecular complexity index is 1390. The lowest BCUT2D eigenvalue weighted by Gasteiger charge is -2.15. The molecule has 34 heavy (non-hydrogen) atoms. The molecular weight excluding hydrogens is 424 g/mol. The van der Waals surface area contributed by atoms with Crippen molar-refractivity contribution >= 4 is 17.0 Å². The predicted molar refractivity (Wildman–Crippen MR) is 134 cm³/mol. The molecule has 5 rings (SSSR count). The highest BCUT2D eigenvalue weighted by atomic mass is 16.5. The Hall–Kier alpha value is -3.60. The number of imidazole rings is 1. The van der Waals surface area contributed by atoms with E-state index < -0.39 is 0 Å². The average Bonchev–Trinajstić information content (AvgIpc) is 3.37. The van der Waals surface area contributed by atoms with E-state index >= 15 is 0 Å². The first-order valence-electron chi connectivity index (χ1n) is 11.8. The van der Waals surface area contributed by atoms with Crippen LogP contribution in [-0.2, 0) is 22.4 Å². The van der Waals surface area contributed by atoms with Crippen molar-refractivity contribution in [3.8, 4) is 11.4 Å². The molecule has 0 fully saturated rings. The molecule has 1 aliphatic heterocycles. The summed E-state index contributed by atoms with van der Waals surface area (Å²) in [5.41, 5.74) is 9.53. The van der Waals surface area contributed by atoms with Crippen molar-refractivity contribution in [2.75, 3.05) is 13.7 Å². The molecule has 5 nitrogen and oxygen atoms in total. The molecule has 0 amide bonds. The van der Waals surface area contributed by atoms with Gasteiger partial charge in [-0.3, -0.25) is 9.36 Å². The van der Waals surface area contributed by atoms with Crippen molar-refractivity contribution in [2.45, 2.75) is 46.0 Å². The predicted octanol–water partition coefficient (Wildman–Crippen LogP) is 5.78. The van der Waals surface area contributed by atoms with Gasteiger partial charge in [-0.2, -0.15) is 0 Å². The number of fused-ring (bicyclic) bond motifs is 2. The first kappa shape index (κ1) is 22.2. The SMILES string of the molecule is COC(=O)C[C@@H]1COc2cc(CCc3cccc(-n4c(C)nc5cc(C)ccc54)c3C)ccc21. The van der Waals surface area contributed by atoms with Gasteiger partial charge in [-0.05, 0) is 80.1 Å². The molecule has 1 aliphatic rings. The number of esters is 1. The maximum absolute atomic E-state index is 11.7. The fourth-order valence-corrected chi connectivity index (χ4v) is 5.01. The zero-order valence-electron chi connectivity index (χ0n) is 20.2. The number of benzene rings is 3. The molecule has 0 aliphatic carbocycles. The summed E-state index contributed by atoms with van der Waals surface area (Å²) in [5, 5.41) is 0. The third kappa shape index (κ3) is 4.07. The summed E-state index contributed by atoms with van der Waals surface area (Å²) in [7, 11) is 1.43. The summed E-state index contributed by atoms with van der Waals surface area (Å²) >= 11 is 0. The van der Waals surface area contributed by atoms with Gasteiger partial charge < -0.3 is 9.47 Å². The molecule has 0 spiro atoms. The highest BCUT2D eigenvalue weighted by molar-refractivity contribution is 5.79. The summed E-state index contributed by atoms with van der Waals surface area (Å²) in [6, 6.07) is 19.4. The largest absolute Gasteiger partial charge is 0.493 e. The minimum absolute atomic E-state index is 0.0763. The molecule has 0 radical (unpaired) electrons. The minimum atomic E-state index is -0.197. The first-order chi connectivity index (χ1) is 16.4. The van der Waals surface area contributed by atoms with Gasteiger partial charge in [-0.1, -0.05) is 30.3 Å². The van der Waals surface area contributed by atoms with Crippen LogP contribution in [0.5, 0.6) is 5.75 Å². The van der Waals surface area contributed by atoms with Gasteiger partial charge in [0, 0.05) is 11.5 Å². The molecule has 0 bridgehead atoms. The Morgan fingerprint density at radius 1 is 1.09 bits per heavy atom. The zero-order chi connectivity index (χ0) is 23.8. The number of ether oxygens (including phenoxy) is 2.